The Kier molecular flexibility index (Phi) is 6.82. The van der Waals surface area contributed by atoms with Crippen LogP contribution in [0.2, 0.25) is 0 Å². The SMILES string of the molecule is O=C(O)CN(Cc1cccc(Br)c1)C(=O)COCC(F)(F)F. The standard InChI is InChI=1S/C13H13BrF3NO4/c14-10-3-1-2-9(4-10)5-18(6-12(20)21)11(19)7-22-8-13(15,16)17/h1-4H,5-8H2,(H,20,21). The molecule has 0 unspecified atom stereocenters. The highest BCUT2D eigenvalue weighted by Gasteiger charge is 2.28. The van der Waals surface area contributed by atoms with E-state index in [0.29, 0.717) is 5.56 Å². The summed E-state index contributed by atoms with van der Waals surface area (Å²) in [6.07, 6.45) is -4.54. The Morgan fingerprint density at radius 1 is 1.32 bits per heavy atom. The van der Waals surface area contributed by atoms with E-state index < -0.39 is 37.8 Å². The highest BCUT2D eigenvalue weighted by atomic mass is 79.9. The summed E-state index contributed by atoms with van der Waals surface area (Å²) in [5, 5.41) is 8.80. The zero-order chi connectivity index (χ0) is 16.8. The quantitative estimate of drug-likeness (QED) is 0.785. The van der Waals surface area contributed by atoms with Crippen molar-refractivity contribution >= 4 is 27.8 Å². The van der Waals surface area contributed by atoms with Gasteiger partial charge in [0.2, 0.25) is 5.91 Å². The number of rotatable bonds is 7. The van der Waals surface area contributed by atoms with E-state index in [0.717, 1.165) is 9.37 Å². The molecular weight excluding hydrogens is 371 g/mol. The summed E-state index contributed by atoms with van der Waals surface area (Å²) in [5.41, 5.74) is 0.639. The summed E-state index contributed by atoms with van der Waals surface area (Å²) in [4.78, 5) is 23.5. The van der Waals surface area contributed by atoms with Crippen molar-refractivity contribution in [2.75, 3.05) is 19.8 Å². The van der Waals surface area contributed by atoms with E-state index in [9.17, 15) is 22.8 Å². The molecule has 122 valence electrons. The Morgan fingerprint density at radius 2 is 2.00 bits per heavy atom. The number of nitrogens with zero attached hydrogens (tertiary/aromatic N) is 1. The third-order valence-electron chi connectivity index (χ3n) is 2.43. The molecule has 0 saturated heterocycles. The summed E-state index contributed by atoms with van der Waals surface area (Å²) < 4.78 is 40.9. The molecule has 5 nitrogen and oxygen atoms in total. The molecule has 0 heterocycles. The number of benzene rings is 1. The van der Waals surface area contributed by atoms with Crippen LogP contribution in [0, 0.1) is 0 Å². The monoisotopic (exact) mass is 383 g/mol. The fourth-order valence-electron chi connectivity index (χ4n) is 1.60. The smallest absolute Gasteiger partial charge is 0.411 e. The Balaban J connectivity index is 2.67. The Labute approximate surface area is 132 Å². The molecule has 0 atom stereocenters. The van der Waals surface area contributed by atoms with E-state index in [2.05, 4.69) is 20.7 Å². The molecule has 1 aromatic carbocycles. The number of carboxylic acids is 1. The lowest BCUT2D eigenvalue weighted by Gasteiger charge is -2.21. The zero-order valence-electron chi connectivity index (χ0n) is 11.3. The van der Waals surface area contributed by atoms with Crippen molar-refractivity contribution < 1.29 is 32.6 Å². The second kappa shape index (κ2) is 8.14. The van der Waals surface area contributed by atoms with Crippen LogP contribution in [0.25, 0.3) is 0 Å². The van der Waals surface area contributed by atoms with Crippen molar-refractivity contribution in [3.63, 3.8) is 0 Å². The Bertz CT molecular complexity index is 536. The molecule has 0 fully saturated rings. The number of carbonyl (C=O) groups excluding carboxylic acids is 1. The molecule has 0 aliphatic carbocycles. The minimum Gasteiger partial charge on any atom is -0.480 e. The van der Waals surface area contributed by atoms with Crippen LogP contribution in [0.15, 0.2) is 28.7 Å². The molecule has 1 amide bonds. The van der Waals surface area contributed by atoms with Gasteiger partial charge in [-0.25, -0.2) is 0 Å². The van der Waals surface area contributed by atoms with Crippen molar-refractivity contribution in [2.24, 2.45) is 0 Å². The van der Waals surface area contributed by atoms with Crippen molar-refractivity contribution in [3.8, 4) is 0 Å². The number of halogens is 4. The number of carbonyl (C=O) groups is 2. The van der Waals surface area contributed by atoms with Crippen LogP contribution in [-0.2, 0) is 20.9 Å². The molecule has 9 heteroatoms. The first-order valence-electron chi connectivity index (χ1n) is 6.06. The first-order chi connectivity index (χ1) is 10.2. The molecule has 1 rings (SSSR count). The predicted molar refractivity (Wildman–Crippen MR) is 74.1 cm³/mol. The van der Waals surface area contributed by atoms with Crippen LogP contribution in [0.3, 0.4) is 0 Å². The van der Waals surface area contributed by atoms with Gasteiger partial charge in [0, 0.05) is 11.0 Å². The van der Waals surface area contributed by atoms with Gasteiger partial charge in [-0.3, -0.25) is 9.59 Å². The van der Waals surface area contributed by atoms with Crippen LogP contribution in [0.1, 0.15) is 5.56 Å². The van der Waals surface area contributed by atoms with Gasteiger partial charge in [0.15, 0.2) is 0 Å². The van der Waals surface area contributed by atoms with Gasteiger partial charge in [-0.1, -0.05) is 28.1 Å². The normalized spacial score (nSPS) is 11.3. The second-order valence-electron chi connectivity index (χ2n) is 4.38. The van der Waals surface area contributed by atoms with Crippen molar-refractivity contribution in [2.45, 2.75) is 12.7 Å². The maximum Gasteiger partial charge on any atom is 0.411 e. The number of hydrogen-bond acceptors (Lipinski definition) is 3. The Hall–Kier alpha value is -1.61. The summed E-state index contributed by atoms with van der Waals surface area (Å²) in [5.74, 6) is -2.09. The molecule has 1 aromatic rings. The summed E-state index contributed by atoms with van der Waals surface area (Å²) in [6.45, 7) is -3.06. The van der Waals surface area contributed by atoms with Crippen molar-refractivity contribution in [3.05, 3.63) is 34.3 Å². The Morgan fingerprint density at radius 3 is 2.55 bits per heavy atom. The molecule has 0 radical (unpaired) electrons. The number of aliphatic carboxylic acids is 1. The lowest BCUT2D eigenvalue weighted by Crippen LogP contribution is -2.38. The van der Waals surface area contributed by atoms with Crippen molar-refractivity contribution in [1.82, 2.24) is 4.90 Å². The maximum atomic E-state index is 12.0. The first kappa shape index (κ1) is 18.4. The van der Waals surface area contributed by atoms with E-state index in [-0.39, 0.29) is 6.54 Å². The molecular formula is C13H13BrF3NO4. The fraction of sp³-hybridized carbons (Fsp3) is 0.385. The molecule has 0 aliphatic heterocycles. The van der Waals surface area contributed by atoms with Crippen LogP contribution in [0.4, 0.5) is 13.2 Å². The molecule has 0 spiro atoms. The van der Waals surface area contributed by atoms with E-state index in [1.165, 1.54) is 0 Å². The maximum absolute atomic E-state index is 12.0. The first-order valence-corrected chi connectivity index (χ1v) is 6.85. The number of hydrogen-bond donors (Lipinski definition) is 1. The highest BCUT2D eigenvalue weighted by molar-refractivity contribution is 9.10. The average molecular weight is 384 g/mol. The van der Waals surface area contributed by atoms with Crippen LogP contribution in [0.5, 0.6) is 0 Å². The van der Waals surface area contributed by atoms with E-state index in [1.807, 2.05) is 0 Å². The number of amides is 1. The average Bonchev–Trinajstić information content (AvgIpc) is 2.35. The van der Waals surface area contributed by atoms with E-state index in [4.69, 9.17) is 5.11 Å². The largest absolute Gasteiger partial charge is 0.480 e. The van der Waals surface area contributed by atoms with Crippen LogP contribution < -0.4 is 0 Å². The summed E-state index contributed by atoms with van der Waals surface area (Å²) in [7, 11) is 0. The summed E-state index contributed by atoms with van der Waals surface area (Å²) >= 11 is 3.23. The minimum atomic E-state index is -4.54. The van der Waals surface area contributed by atoms with Gasteiger partial charge in [-0.05, 0) is 17.7 Å². The number of alkyl halides is 3. The predicted octanol–water partition coefficient (Wildman–Crippen LogP) is 2.44. The topological polar surface area (TPSA) is 66.8 Å². The van der Waals surface area contributed by atoms with Gasteiger partial charge < -0.3 is 14.7 Å². The molecule has 0 bridgehead atoms. The summed E-state index contributed by atoms with van der Waals surface area (Å²) in [6, 6.07) is 6.80. The van der Waals surface area contributed by atoms with Crippen LogP contribution >= 0.6 is 15.9 Å². The van der Waals surface area contributed by atoms with Gasteiger partial charge in [-0.2, -0.15) is 13.2 Å². The van der Waals surface area contributed by atoms with Gasteiger partial charge in [0.1, 0.15) is 19.8 Å². The molecule has 22 heavy (non-hydrogen) atoms. The molecule has 1 N–H and O–H groups in total. The van der Waals surface area contributed by atoms with Crippen molar-refractivity contribution in [1.29, 1.82) is 0 Å². The second-order valence-corrected chi connectivity index (χ2v) is 5.30. The lowest BCUT2D eigenvalue weighted by atomic mass is 10.2. The lowest BCUT2D eigenvalue weighted by molar-refractivity contribution is -0.178. The van der Waals surface area contributed by atoms with Gasteiger partial charge in [-0.15, -0.1) is 0 Å². The molecule has 0 aromatic heterocycles. The number of ether oxygens (including phenoxy) is 1. The minimum absolute atomic E-state index is 0.0417. The van der Waals surface area contributed by atoms with Gasteiger partial charge in [0.25, 0.3) is 0 Å². The highest BCUT2D eigenvalue weighted by Crippen LogP contribution is 2.15. The van der Waals surface area contributed by atoms with Gasteiger partial charge in [0.05, 0.1) is 0 Å². The van der Waals surface area contributed by atoms with Gasteiger partial charge >= 0.3 is 12.1 Å². The van der Waals surface area contributed by atoms with Crippen LogP contribution in [-0.4, -0.2) is 47.8 Å². The van der Waals surface area contributed by atoms with E-state index in [1.54, 1.807) is 24.3 Å². The number of carboxylic acid groups (broad SMARTS) is 1. The third-order valence-corrected chi connectivity index (χ3v) is 2.93. The molecule has 0 saturated carbocycles. The fourth-order valence-corrected chi connectivity index (χ4v) is 2.04. The zero-order valence-corrected chi connectivity index (χ0v) is 12.9. The molecule has 0 aliphatic rings. The van der Waals surface area contributed by atoms with E-state index >= 15 is 0 Å². The third kappa shape index (κ3) is 7.41.